The van der Waals surface area contributed by atoms with E-state index in [0.717, 1.165) is 0 Å². The molecule has 0 spiro atoms. The van der Waals surface area contributed by atoms with Gasteiger partial charge in [-0.1, -0.05) is 29.7 Å². The predicted molar refractivity (Wildman–Crippen MR) is 59.9 cm³/mol. The minimum Gasteiger partial charge on any atom is -0.106 e. The van der Waals surface area contributed by atoms with E-state index in [9.17, 15) is 0 Å². The van der Waals surface area contributed by atoms with Crippen molar-refractivity contribution in [3.8, 4) is 0 Å². The van der Waals surface area contributed by atoms with Crippen molar-refractivity contribution >= 4 is 17.6 Å². The maximum absolute atomic E-state index is 3.95. The molecule has 0 saturated carbocycles. The average molecular weight is 181 g/mol. The van der Waals surface area contributed by atoms with E-state index in [0.29, 0.717) is 0 Å². The van der Waals surface area contributed by atoms with Crippen LogP contribution in [0.3, 0.4) is 0 Å². The Morgan fingerprint density at radius 2 is 1.55 bits per heavy atom. The summed E-state index contributed by atoms with van der Waals surface area (Å²) >= 11 is 0. The van der Waals surface area contributed by atoms with Crippen molar-refractivity contribution in [2.45, 2.75) is 12.1 Å². The Kier molecular flexibility index (Phi) is 5.16. The Hall–Kier alpha value is -0.346. The van der Waals surface area contributed by atoms with Gasteiger partial charge in [0.15, 0.2) is 0 Å². The van der Waals surface area contributed by atoms with Crippen molar-refractivity contribution in [2.24, 2.45) is 0 Å². The van der Waals surface area contributed by atoms with Crippen molar-refractivity contribution in [1.82, 2.24) is 0 Å². The lowest BCUT2D eigenvalue weighted by molar-refractivity contribution is 1.38. The van der Waals surface area contributed by atoms with Crippen LogP contribution in [-0.2, 0) is 0 Å². The molecular formula is C9H17Si2. The van der Waals surface area contributed by atoms with Crippen LogP contribution in [0.25, 0.3) is 0 Å². The first-order chi connectivity index (χ1) is 5.24. The molecule has 0 aliphatic heterocycles. The normalized spacial score (nSPS) is 11.7. The van der Waals surface area contributed by atoms with Gasteiger partial charge in [0.25, 0.3) is 0 Å². The van der Waals surface area contributed by atoms with Gasteiger partial charge in [0.2, 0.25) is 0 Å². The molecule has 0 fully saturated rings. The minimum absolute atomic E-state index is 0.0524. The summed E-state index contributed by atoms with van der Waals surface area (Å²) in [5.74, 6) is 0. The molecule has 0 aliphatic rings. The molecule has 0 unspecified atom stereocenters. The standard InChI is InChI=1S/C9H17Si2/c1-5-11(6-2,7-3)9-8-10-4/h5-7H,1-4,8-10H2. The topological polar surface area (TPSA) is 0 Å². The third-order valence-electron chi connectivity index (χ3n) is 2.00. The molecule has 1 radical (unpaired) electrons. The van der Waals surface area contributed by atoms with E-state index in [1.807, 2.05) is 0 Å². The van der Waals surface area contributed by atoms with Crippen LogP contribution in [0.5, 0.6) is 0 Å². The second-order valence-electron chi connectivity index (χ2n) is 2.68. The lowest BCUT2D eigenvalue weighted by atomic mass is 10.9. The van der Waals surface area contributed by atoms with Crippen LogP contribution < -0.4 is 0 Å². The molecule has 0 amide bonds. The molecule has 0 N–H and O–H groups in total. The quantitative estimate of drug-likeness (QED) is 0.550. The molecule has 0 nitrogen and oxygen atoms in total. The van der Waals surface area contributed by atoms with Crippen LogP contribution in [0.4, 0.5) is 0 Å². The molecule has 2 heteroatoms. The summed E-state index contributed by atoms with van der Waals surface area (Å²) in [6, 6.07) is 2.51. The van der Waals surface area contributed by atoms with Crippen LogP contribution in [0.2, 0.25) is 12.1 Å². The molecule has 0 aromatic carbocycles. The highest BCUT2D eigenvalue weighted by Gasteiger charge is 2.19. The molecule has 11 heavy (non-hydrogen) atoms. The van der Waals surface area contributed by atoms with E-state index in [4.69, 9.17) is 0 Å². The number of hydrogen-bond donors (Lipinski definition) is 0. The van der Waals surface area contributed by atoms with Crippen molar-refractivity contribution in [3.63, 3.8) is 0 Å². The van der Waals surface area contributed by atoms with Gasteiger partial charge >= 0.3 is 0 Å². The highest BCUT2D eigenvalue weighted by Crippen LogP contribution is 2.15. The van der Waals surface area contributed by atoms with E-state index in [1.165, 1.54) is 12.1 Å². The lowest BCUT2D eigenvalue weighted by Gasteiger charge is -2.18. The average Bonchev–Trinajstić information content (AvgIpc) is 2.08. The van der Waals surface area contributed by atoms with Gasteiger partial charge in [-0.15, -0.1) is 19.7 Å². The van der Waals surface area contributed by atoms with Crippen molar-refractivity contribution in [3.05, 3.63) is 43.4 Å². The van der Waals surface area contributed by atoms with Gasteiger partial charge in [0.05, 0.1) is 0 Å². The maximum atomic E-state index is 3.95. The molecule has 0 atom stereocenters. The van der Waals surface area contributed by atoms with E-state index >= 15 is 0 Å². The van der Waals surface area contributed by atoms with Crippen molar-refractivity contribution < 1.29 is 0 Å². The second kappa shape index (κ2) is 5.32. The number of hydrogen-bond acceptors (Lipinski definition) is 0. The van der Waals surface area contributed by atoms with Gasteiger partial charge in [-0.2, -0.15) is 0 Å². The van der Waals surface area contributed by atoms with Gasteiger partial charge < -0.3 is 0 Å². The Labute approximate surface area is 73.5 Å². The molecule has 61 valence electrons. The van der Waals surface area contributed by atoms with Gasteiger partial charge in [-0.05, 0) is 6.04 Å². The highest BCUT2D eigenvalue weighted by atomic mass is 28.3. The monoisotopic (exact) mass is 181 g/mol. The summed E-state index contributed by atoms with van der Waals surface area (Å²) in [6.07, 6.45) is 0. The van der Waals surface area contributed by atoms with E-state index < -0.39 is 8.07 Å². The van der Waals surface area contributed by atoms with Gasteiger partial charge in [-0.3, -0.25) is 0 Å². The van der Waals surface area contributed by atoms with E-state index in [1.54, 1.807) is 0 Å². The summed E-state index contributed by atoms with van der Waals surface area (Å²) < 4.78 is 0. The summed E-state index contributed by atoms with van der Waals surface area (Å²) in [6.45, 7) is 15.5. The van der Waals surface area contributed by atoms with Crippen molar-refractivity contribution in [1.29, 1.82) is 0 Å². The molecule has 0 rings (SSSR count). The largest absolute Gasteiger partial charge is 0.124 e. The third kappa shape index (κ3) is 3.03. The first-order valence-corrected chi connectivity index (χ1v) is 8.38. The molecule has 0 saturated heterocycles. The third-order valence-corrected chi connectivity index (χ3v) is 7.06. The fourth-order valence-corrected chi connectivity index (χ4v) is 5.55. The SMILES string of the molecule is [CH2][SiH2]CC[Si](C=C)(C=C)C=C. The smallest absolute Gasteiger partial charge is 0.106 e. The zero-order valence-corrected chi connectivity index (χ0v) is 9.60. The van der Waals surface area contributed by atoms with Crippen LogP contribution in [0.1, 0.15) is 0 Å². The Bertz CT molecular complexity index is 128. The Morgan fingerprint density at radius 3 is 1.82 bits per heavy atom. The van der Waals surface area contributed by atoms with Crippen LogP contribution >= 0.6 is 0 Å². The molecule has 0 aromatic rings. The van der Waals surface area contributed by atoms with E-state index in [-0.39, 0.29) is 9.52 Å². The molecule has 0 aliphatic carbocycles. The first kappa shape index (κ1) is 10.7. The summed E-state index contributed by atoms with van der Waals surface area (Å²) in [4.78, 5) is 0. The van der Waals surface area contributed by atoms with Gasteiger partial charge in [-0.25, -0.2) is 0 Å². The molecule has 0 bridgehead atoms. The Balaban J connectivity index is 4.16. The summed E-state index contributed by atoms with van der Waals surface area (Å²) in [7, 11) is -1.50. The van der Waals surface area contributed by atoms with Gasteiger partial charge in [0, 0.05) is 9.52 Å². The fraction of sp³-hybridized carbons (Fsp3) is 0.222. The highest BCUT2D eigenvalue weighted by molar-refractivity contribution is 6.93. The predicted octanol–water partition coefficient (Wildman–Crippen LogP) is 1.99. The van der Waals surface area contributed by atoms with Crippen LogP contribution in [0.15, 0.2) is 36.8 Å². The fourth-order valence-electron chi connectivity index (χ4n) is 0.987. The zero-order chi connectivity index (χ0) is 8.74. The Morgan fingerprint density at radius 1 is 1.09 bits per heavy atom. The van der Waals surface area contributed by atoms with Crippen LogP contribution in [0, 0.1) is 6.55 Å². The molecular weight excluding hydrogens is 164 g/mol. The summed E-state index contributed by atoms with van der Waals surface area (Å²) in [5.41, 5.74) is 6.16. The van der Waals surface area contributed by atoms with Gasteiger partial charge in [0.1, 0.15) is 8.07 Å². The van der Waals surface area contributed by atoms with Crippen molar-refractivity contribution in [2.75, 3.05) is 0 Å². The first-order valence-electron chi connectivity index (χ1n) is 3.94. The zero-order valence-electron chi connectivity index (χ0n) is 7.18. The lowest BCUT2D eigenvalue weighted by Crippen LogP contribution is -2.26. The number of rotatable bonds is 6. The molecule has 0 aromatic heterocycles. The van der Waals surface area contributed by atoms with E-state index in [2.05, 4.69) is 43.4 Å². The van der Waals surface area contributed by atoms with Crippen LogP contribution in [-0.4, -0.2) is 17.6 Å². The maximum Gasteiger partial charge on any atom is 0.124 e. The molecule has 0 heterocycles. The summed E-state index contributed by atoms with van der Waals surface area (Å²) in [5, 5.41) is 0. The minimum atomic E-state index is -1.45. The second-order valence-corrected chi connectivity index (χ2v) is 8.05.